The smallest absolute Gasteiger partial charge is 0.252 e. The maximum atomic E-state index is 4.76. The zero-order valence-corrected chi connectivity index (χ0v) is 11.6. The Kier molecular flexibility index (Phi) is 3.10. The van der Waals surface area contributed by atoms with Crippen molar-refractivity contribution in [1.82, 2.24) is 10.3 Å². The van der Waals surface area contributed by atoms with Gasteiger partial charge in [0.05, 0.1) is 6.54 Å². The molecule has 0 spiro atoms. The van der Waals surface area contributed by atoms with E-state index in [1.807, 2.05) is 35.4 Å². The molecule has 2 heterocycles. The van der Waals surface area contributed by atoms with E-state index in [1.54, 1.807) is 6.21 Å². The molecule has 0 radical (unpaired) electrons. The molecule has 0 amide bonds. The van der Waals surface area contributed by atoms with Crippen molar-refractivity contribution in [2.45, 2.75) is 25.9 Å². The quantitative estimate of drug-likeness (QED) is 0.892. The molecular formula is C15H17N5. The molecule has 0 aromatic heterocycles. The van der Waals surface area contributed by atoms with E-state index in [0.717, 1.165) is 5.84 Å². The molecule has 20 heavy (non-hydrogen) atoms. The van der Waals surface area contributed by atoms with Gasteiger partial charge in [-0.3, -0.25) is 15.3 Å². The summed E-state index contributed by atoms with van der Waals surface area (Å²) >= 11 is 0. The number of amidine groups is 1. The zero-order chi connectivity index (χ0) is 14.0. The van der Waals surface area contributed by atoms with Gasteiger partial charge in [-0.2, -0.15) is 0 Å². The first-order valence-electron chi connectivity index (χ1n) is 6.61. The lowest BCUT2D eigenvalue weighted by Gasteiger charge is -2.37. The average molecular weight is 267 g/mol. The molecule has 2 aliphatic rings. The highest BCUT2D eigenvalue weighted by Crippen LogP contribution is 2.19. The maximum Gasteiger partial charge on any atom is 0.252 e. The van der Waals surface area contributed by atoms with Crippen LogP contribution in [-0.4, -0.2) is 28.4 Å². The third kappa shape index (κ3) is 2.34. The van der Waals surface area contributed by atoms with Crippen LogP contribution < -0.4 is 5.43 Å². The van der Waals surface area contributed by atoms with E-state index in [2.05, 4.69) is 41.5 Å². The molecule has 1 aromatic rings. The minimum Gasteiger partial charge on any atom is -0.293 e. The van der Waals surface area contributed by atoms with Crippen molar-refractivity contribution in [3.05, 3.63) is 48.2 Å². The summed E-state index contributed by atoms with van der Waals surface area (Å²) in [6.07, 6.45) is 5.56. The number of hydrogen-bond acceptors (Lipinski definition) is 4. The van der Waals surface area contributed by atoms with Gasteiger partial charge in [-0.15, -0.1) is 5.10 Å². The van der Waals surface area contributed by atoms with Gasteiger partial charge in [0.1, 0.15) is 11.4 Å². The standard InChI is InChI=1S/C15H17N5/c1-15(2)13(17-11-12-7-4-3-5-8-12)20-10-6-9-16-14(20)18-19-15/h3-10,19H,11H2,1-2H3. The minimum absolute atomic E-state index is 0.324. The van der Waals surface area contributed by atoms with Gasteiger partial charge in [0.15, 0.2) is 0 Å². The molecule has 2 aliphatic heterocycles. The molecule has 1 N–H and O–H groups in total. The van der Waals surface area contributed by atoms with Crippen LogP contribution in [0.5, 0.6) is 0 Å². The maximum absolute atomic E-state index is 4.76. The summed E-state index contributed by atoms with van der Waals surface area (Å²) in [5, 5.41) is 4.27. The van der Waals surface area contributed by atoms with Gasteiger partial charge < -0.3 is 0 Å². The van der Waals surface area contributed by atoms with Crippen molar-refractivity contribution in [2.75, 3.05) is 0 Å². The highest BCUT2D eigenvalue weighted by Gasteiger charge is 2.35. The summed E-state index contributed by atoms with van der Waals surface area (Å²) in [6, 6.07) is 10.2. The third-order valence-corrected chi connectivity index (χ3v) is 3.20. The Bertz CT molecular complexity index is 610. The van der Waals surface area contributed by atoms with Crippen LogP contribution >= 0.6 is 0 Å². The lowest BCUT2D eigenvalue weighted by atomic mass is 10.0. The Morgan fingerprint density at radius 1 is 1.25 bits per heavy atom. The molecule has 0 saturated carbocycles. The lowest BCUT2D eigenvalue weighted by Crippen LogP contribution is -2.57. The van der Waals surface area contributed by atoms with Gasteiger partial charge >= 0.3 is 0 Å². The molecule has 0 bridgehead atoms. The highest BCUT2D eigenvalue weighted by atomic mass is 15.5. The second-order valence-corrected chi connectivity index (χ2v) is 5.26. The van der Waals surface area contributed by atoms with E-state index >= 15 is 0 Å². The van der Waals surface area contributed by atoms with Gasteiger partial charge in [0, 0.05) is 12.4 Å². The fourth-order valence-electron chi connectivity index (χ4n) is 2.18. The number of benzene rings is 1. The van der Waals surface area contributed by atoms with Gasteiger partial charge in [-0.25, -0.2) is 4.99 Å². The van der Waals surface area contributed by atoms with Crippen molar-refractivity contribution < 1.29 is 0 Å². The lowest BCUT2D eigenvalue weighted by molar-refractivity contribution is 0.460. The van der Waals surface area contributed by atoms with Crippen LogP contribution in [0.15, 0.2) is 57.7 Å². The molecule has 1 aromatic carbocycles. The van der Waals surface area contributed by atoms with Gasteiger partial charge in [-0.1, -0.05) is 30.3 Å². The van der Waals surface area contributed by atoms with Gasteiger partial charge in [0.2, 0.25) is 0 Å². The van der Waals surface area contributed by atoms with Gasteiger partial charge in [-0.05, 0) is 25.5 Å². The molecule has 3 rings (SSSR count). The first kappa shape index (κ1) is 12.6. The number of rotatable bonds is 2. The fraction of sp³-hybridized carbons (Fsp3) is 0.267. The van der Waals surface area contributed by atoms with E-state index in [1.165, 1.54) is 5.56 Å². The Morgan fingerprint density at radius 2 is 2.05 bits per heavy atom. The van der Waals surface area contributed by atoms with Crippen LogP contribution in [0.4, 0.5) is 0 Å². The molecular weight excluding hydrogens is 250 g/mol. The second kappa shape index (κ2) is 4.92. The van der Waals surface area contributed by atoms with Crippen LogP contribution in [-0.2, 0) is 6.54 Å². The normalized spacial score (nSPS) is 21.4. The van der Waals surface area contributed by atoms with E-state index in [4.69, 9.17) is 4.99 Å². The molecule has 0 fully saturated rings. The van der Waals surface area contributed by atoms with Crippen LogP contribution in [0.3, 0.4) is 0 Å². The zero-order valence-electron chi connectivity index (χ0n) is 11.6. The average Bonchev–Trinajstić information content (AvgIpc) is 2.47. The Hall–Kier alpha value is -2.43. The molecule has 0 atom stereocenters. The molecule has 5 nitrogen and oxygen atoms in total. The summed E-state index contributed by atoms with van der Waals surface area (Å²) in [7, 11) is 0. The highest BCUT2D eigenvalue weighted by molar-refractivity contribution is 6.10. The van der Waals surface area contributed by atoms with Crippen LogP contribution in [0.2, 0.25) is 0 Å². The fourth-order valence-corrected chi connectivity index (χ4v) is 2.18. The Balaban J connectivity index is 1.91. The number of aliphatic imine (C=N–C) groups is 2. The third-order valence-electron chi connectivity index (χ3n) is 3.20. The number of nitrogens with zero attached hydrogens (tertiary/aromatic N) is 4. The number of hydrazone groups is 1. The van der Waals surface area contributed by atoms with Crippen LogP contribution in [0.25, 0.3) is 0 Å². The monoisotopic (exact) mass is 267 g/mol. The van der Waals surface area contributed by atoms with Crippen molar-refractivity contribution in [2.24, 2.45) is 15.1 Å². The summed E-state index contributed by atoms with van der Waals surface area (Å²) in [6.45, 7) is 4.76. The minimum atomic E-state index is -0.324. The van der Waals surface area contributed by atoms with Crippen molar-refractivity contribution in [1.29, 1.82) is 0 Å². The number of nitrogens with one attached hydrogen (secondary N) is 1. The summed E-state index contributed by atoms with van der Waals surface area (Å²) in [4.78, 5) is 10.9. The molecule has 0 saturated heterocycles. The Labute approximate surface area is 118 Å². The SMILES string of the molecule is CC1(C)NN=C2N=CC=CN2C1=NCc1ccccc1. The van der Waals surface area contributed by atoms with Crippen LogP contribution in [0.1, 0.15) is 19.4 Å². The molecule has 0 aliphatic carbocycles. The summed E-state index contributed by atoms with van der Waals surface area (Å²) in [5.41, 5.74) is 3.97. The second-order valence-electron chi connectivity index (χ2n) is 5.26. The molecule has 102 valence electrons. The predicted molar refractivity (Wildman–Crippen MR) is 81.7 cm³/mol. The number of fused-ring (bicyclic) bond motifs is 1. The Morgan fingerprint density at radius 3 is 2.85 bits per heavy atom. The van der Waals surface area contributed by atoms with Crippen LogP contribution in [0, 0.1) is 0 Å². The van der Waals surface area contributed by atoms with Crippen molar-refractivity contribution >= 4 is 18.0 Å². The largest absolute Gasteiger partial charge is 0.293 e. The summed E-state index contributed by atoms with van der Waals surface area (Å²) < 4.78 is 0. The van der Waals surface area contributed by atoms with E-state index in [-0.39, 0.29) is 5.54 Å². The first-order valence-corrected chi connectivity index (χ1v) is 6.61. The van der Waals surface area contributed by atoms with Crippen molar-refractivity contribution in [3.8, 4) is 0 Å². The predicted octanol–water partition coefficient (Wildman–Crippen LogP) is 2.14. The number of allylic oxidation sites excluding steroid dienone is 1. The van der Waals surface area contributed by atoms with Crippen molar-refractivity contribution in [3.63, 3.8) is 0 Å². The number of hydrogen-bond donors (Lipinski definition) is 1. The topological polar surface area (TPSA) is 52.4 Å². The molecule has 0 unspecified atom stereocenters. The number of guanidine groups is 1. The molecule has 5 heteroatoms. The summed E-state index contributed by atoms with van der Waals surface area (Å²) in [5.74, 6) is 1.54. The first-order chi connectivity index (χ1) is 9.67. The van der Waals surface area contributed by atoms with E-state index < -0.39 is 0 Å². The van der Waals surface area contributed by atoms with Gasteiger partial charge in [0.25, 0.3) is 5.96 Å². The van der Waals surface area contributed by atoms with E-state index in [0.29, 0.717) is 12.5 Å². The van der Waals surface area contributed by atoms with E-state index in [9.17, 15) is 0 Å².